The van der Waals surface area contributed by atoms with Gasteiger partial charge in [-0.2, -0.15) is 0 Å². The average molecular weight is 322 g/mol. The van der Waals surface area contributed by atoms with E-state index in [4.69, 9.17) is 0 Å². The maximum atomic E-state index is 12.7. The van der Waals surface area contributed by atoms with Crippen molar-refractivity contribution in [2.45, 2.75) is 33.2 Å². The van der Waals surface area contributed by atoms with Crippen LogP contribution in [0.25, 0.3) is 0 Å². The molecule has 24 heavy (non-hydrogen) atoms. The van der Waals surface area contributed by atoms with E-state index in [2.05, 4.69) is 11.4 Å². The first-order valence-electron chi connectivity index (χ1n) is 8.21. The largest absolute Gasteiger partial charge is 0.340 e. The second-order valence-electron chi connectivity index (χ2n) is 6.52. The van der Waals surface area contributed by atoms with Gasteiger partial charge in [-0.15, -0.1) is 0 Å². The number of hydrogen-bond acceptors (Lipinski definition) is 2. The summed E-state index contributed by atoms with van der Waals surface area (Å²) in [6.45, 7) is 6.64. The predicted octanol–water partition coefficient (Wildman–Crippen LogP) is 3.15. The minimum atomic E-state index is -0.459. The van der Waals surface area contributed by atoms with Gasteiger partial charge in [0.05, 0.1) is 0 Å². The van der Waals surface area contributed by atoms with Crippen LogP contribution in [0.1, 0.15) is 33.5 Å². The summed E-state index contributed by atoms with van der Waals surface area (Å²) in [7, 11) is 0. The van der Waals surface area contributed by atoms with Gasteiger partial charge in [0, 0.05) is 17.8 Å². The molecule has 0 aliphatic carbocycles. The molecule has 4 heteroatoms. The quantitative estimate of drug-likeness (QED) is 0.944. The van der Waals surface area contributed by atoms with Crippen molar-refractivity contribution < 1.29 is 9.59 Å². The van der Waals surface area contributed by atoms with Crippen LogP contribution >= 0.6 is 0 Å². The van der Waals surface area contributed by atoms with Gasteiger partial charge in [-0.3, -0.25) is 9.59 Å². The number of aryl methyl sites for hydroxylation is 3. The van der Waals surface area contributed by atoms with Gasteiger partial charge < -0.3 is 10.2 Å². The molecule has 2 amide bonds. The van der Waals surface area contributed by atoms with Gasteiger partial charge in [0.15, 0.2) is 0 Å². The molecule has 2 aromatic carbocycles. The van der Waals surface area contributed by atoms with Crippen molar-refractivity contribution in [3.63, 3.8) is 0 Å². The van der Waals surface area contributed by atoms with Crippen LogP contribution in [-0.2, 0) is 4.79 Å². The van der Waals surface area contributed by atoms with Gasteiger partial charge >= 0.3 is 0 Å². The Hall–Kier alpha value is -2.62. The summed E-state index contributed by atoms with van der Waals surface area (Å²) >= 11 is 0. The summed E-state index contributed by atoms with van der Waals surface area (Å²) < 4.78 is 0. The number of rotatable bonds is 3. The Kier molecular flexibility index (Phi) is 4.38. The van der Waals surface area contributed by atoms with Crippen molar-refractivity contribution in [3.8, 4) is 0 Å². The molecule has 1 heterocycles. The second-order valence-corrected chi connectivity index (χ2v) is 6.52. The fraction of sp³-hybridized carbons (Fsp3) is 0.300. The molecule has 0 saturated carbocycles. The number of carbonyl (C=O) groups is 2. The zero-order valence-corrected chi connectivity index (χ0v) is 14.3. The highest BCUT2D eigenvalue weighted by Crippen LogP contribution is 2.24. The van der Waals surface area contributed by atoms with Gasteiger partial charge in [-0.05, 0) is 62.6 Å². The molecule has 0 bridgehead atoms. The molecule has 0 aromatic heterocycles. The molecule has 124 valence electrons. The summed E-state index contributed by atoms with van der Waals surface area (Å²) in [5, 5.41) is 2.86. The van der Waals surface area contributed by atoms with Gasteiger partial charge in [0.25, 0.3) is 5.91 Å². The van der Waals surface area contributed by atoms with Crippen LogP contribution in [0, 0.1) is 20.8 Å². The lowest BCUT2D eigenvalue weighted by Gasteiger charge is -2.18. The molecule has 1 aliphatic heterocycles. The number of nitrogens with zero attached hydrogens (tertiary/aromatic N) is 1. The van der Waals surface area contributed by atoms with E-state index in [1.807, 2.05) is 45.0 Å². The van der Waals surface area contributed by atoms with Crippen LogP contribution in [0.5, 0.6) is 0 Å². The van der Waals surface area contributed by atoms with Crippen LogP contribution in [0.2, 0.25) is 0 Å². The summed E-state index contributed by atoms with van der Waals surface area (Å²) in [5.41, 5.74) is 4.85. The van der Waals surface area contributed by atoms with E-state index < -0.39 is 6.04 Å². The third-order valence-electron chi connectivity index (χ3n) is 4.34. The number of hydrogen-bond donors (Lipinski definition) is 1. The molecule has 0 spiro atoms. The van der Waals surface area contributed by atoms with E-state index in [1.54, 1.807) is 17.0 Å². The Balaban J connectivity index is 1.72. The fourth-order valence-corrected chi connectivity index (χ4v) is 3.12. The highest BCUT2D eigenvalue weighted by molar-refractivity contribution is 6.04. The Morgan fingerprint density at radius 2 is 1.62 bits per heavy atom. The minimum absolute atomic E-state index is 0.0412. The average Bonchev–Trinajstić information content (AvgIpc) is 2.88. The zero-order chi connectivity index (χ0) is 17.3. The van der Waals surface area contributed by atoms with E-state index in [0.717, 1.165) is 22.4 Å². The van der Waals surface area contributed by atoms with Crippen LogP contribution in [0.3, 0.4) is 0 Å². The lowest BCUT2D eigenvalue weighted by Crippen LogP contribution is -2.41. The molecule has 1 fully saturated rings. The van der Waals surface area contributed by atoms with Crippen molar-refractivity contribution in [1.29, 1.82) is 0 Å². The number of carbonyl (C=O) groups excluding carboxylic acids is 2. The van der Waals surface area contributed by atoms with Crippen LogP contribution in [0.4, 0.5) is 5.69 Å². The van der Waals surface area contributed by atoms with Crippen LogP contribution < -0.4 is 10.2 Å². The van der Waals surface area contributed by atoms with Crippen molar-refractivity contribution in [1.82, 2.24) is 5.32 Å². The molecule has 2 aromatic rings. The highest BCUT2D eigenvalue weighted by Gasteiger charge is 2.33. The monoisotopic (exact) mass is 322 g/mol. The molecule has 0 radical (unpaired) electrons. The minimum Gasteiger partial charge on any atom is -0.340 e. The molecule has 1 aliphatic rings. The van der Waals surface area contributed by atoms with Gasteiger partial charge in [0.2, 0.25) is 5.91 Å². The van der Waals surface area contributed by atoms with Gasteiger partial charge in [-0.25, -0.2) is 0 Å². The van der Waals surface area contributed by atoms with E-state index in [0.29, 0.717) is 18.5 Å². The lowest BCUT2D eigenvalue weighted by molar-refractivity contribution is -0.118. The Bertz CT molecular complexity index is 760. The Morgan fingerprint density at radius 3 is 2.25 bits per heavy atom. The predicted molar refractivity (Wildman–Crippen MR) is 95.3 cm³/mol. The zero-order valence-electron chi connectivity index (χ0n) is 14.3. The third kappa shape index (κ3) is 3.32. The molecule has 3 rings (SSSR count). The Morgan fingerprint density at radius 1 is 1.00 bits per heavy atom. The second kappa shape index (κ2) is 6.48. The van der Waals surface area contributed by atoms with Gasteiger partial charge in [-0.1, -0.05) is 23.8 Å². The maximum absolute atomic E-state index is 12.7. The molecule has 1 N–H and O–H groups in total. The van der Waals surface area contributed by atoms with Crippen molar-refractivity contribution >= 4 is 17.5 Å². The highest BCUT2D eigenvalue weighted by atomic mass is 16.2. The van der Waals surface area contributed by atoms with E-state index in [9.17, 15) is 9.59 Å². The number of anilines is 1. The number of amides is 2. The lowest BCUT2D eigenvalue weighted by atomic mass is 10.1. The number of benzene rings is 2. The van der Waals surface area contributed by atoms with E-state index >= 15 is 0 Å². The van der Waals surface area contributed by atoms with Crippen molar-refractivity contribution in [3.05, 3.63) is 64.7 Å². The van der Waals surface area contributed by atoms with Crippen molar-refractivity contribution in [2.24, 2.45) is 0 Å². The molecular weight excluding hydrogens is 300 g/mol. The summed E-state index contributed by atoms with van der Waals surface area (Å²) in [6, 6.07) is 13.0. The van der Waals surface area contributed by atoms with E-state index in [-0.39, 0.29) is 11.8 Å². The molecule has 1 saturated heterocycles. The number of nitrogens with one attached hydrogen (secondary N) is 1. The molecule has 4 nitrogen and oxygen atoms in total. The maximum Gasteiger partial charge on any atom is 0.251 e. The molecule has 1 unspecified atom stereocenters. The third-order valence-corrected chi connectivity index (χ3v) is 4.34. The normalized spacial score (nSPS) is 17.2. The molecular formula is C20H22N2O2. The fourth-order valence-electron chi connectivity index (χ4n) is 3.12. The first-order chi connectivity index (χ1) is 11.4. The Labute approximate surface area is 142 Å². The smallest absolute Gasteiger partial charge is 0.251 e. The molecule has 1 atom stereocenters. The van der Waals surface area contributed by atoms with E-state index in [1.165, 1.54) is 0 Å². The topological polar surface area (TPSA) is 49.4 Å². The van der Waals surface area contributed by atoms with Crippen LogP contribution in [0.15, 0.2) is 42.5 Å². The summed E-state index contributed by atoms with van der Waals surface area (Å²) in [4.78, 5) is 26.8. The van der Waals surface area contributed by atoms with Crippen molar-refractivity contribution in [2.75, 3.05) is 11.4 Å². The SMILES string of the molecule is Cc1ccc(C(=O)NC2CCN(c3cc(C)cc(C)c3)C2=O)cc1. The van der Waals surface area contributed by atoms with Crippen LogP contribution in [-0.4, -0.2) is 24.4 Å². The summed E-state index contributed by atoms with van der Waals surface area (Å²) in [6.07, 6.45) is 0.628. The van der Waals surface area contributed by atoms with Gasteiger partial charge in [0.1, 0.15) is 6.04 Å². The summed E-state index contributed by atoms with van der Waals surface area (Å²) in [5.74, 6) is -0.240. The first kappa shape index (κ1) is 16.2. The standard InChI is InChI=1S/C20H22N2O2/c1-13-4-6-16(7-5-13)19(23)21-18-8-9-22(20(18)24)17-11-14(2)10-15(3)12-17/h4-7,10-12,18H,8-9H2,1-3H3,(H,21,23). The first-order valence-corrected chi connectivity index (χ1v) is 8.21.